The van der Waals surface area contributed by atoms with Gasteiger partial charge in [0.25, 0.3) is 0 Å². The largest absolute Gasteiger partial charge is 0.152 e. The Morgan fingerprint density at radius 1 is 1.00 bits per heavy atom. The van der Waals surface area contributed by atoms with Crippen molar-refractivity contribution < 1.29 is 0 Å². The Labute approximate surface area is 98.1 Å². The molecule has 0 aliphatic carbocycles. The van der Waals surface area contributed by atoms with Crippen molar-refractivity contribution in [2.45, 2.75) is 23.3 Å². The van der Waals surface area contributed by atoms with Crippen molar-refractivity contribution in [2.24, 2.45) is 0 Å². The molecule has 76 valence electrons. The van der Waals surface area contributed by atoms with E-state index < -0.39 is 0 Å². The average Bonchev–Trinajstić information content (AvgIpc) is 2.95. The lowest BCUT2D eigenvalue weighted by Gasteiger charge is -2.07. The zero-order valence-electron chi connectivity index (χ0n) is 8.17. The highest BCUT2D eigenvalue weighted by atomic mass is 32.2. The minimum absolute atomic E-state index is 0.656. The van der Waals surface area contributed by atoms with E-state index in [0.29, 0.717) is 9.49 Å². The van der Waals surface area contributed by atoms with Crippen molar-refractivity contribution >= 4 is 47.0 Å². The van der Waals surface area contributed by atoms with Crippen molar-refractivity contribution in [1.82, 2.24) is 0 Å². The van der Waals surface area contributed by atoms with Gasteiger partial charge < -0.3 is 0 Å². The number of hydrogen-bond donors (Lipinski definition) is 0. The van der Waals surface area contributed by atoms with Crippen LogP contribution in [0.5, 0.6) is 0 Å². The predicted molar refractivity (Wildman–Crippen MR) is 71.5 cm³/mol. The van der Waals surface area contributed by atoms with Crippen LogP contribution in [0.25, 0.3) is 0 Å². The quantitative estimate of drug-likeness (QED) is 0.403. The van der Waals surface area contributed by atoms with E-state index in [-0.39, 0.29) is 0 Å². The van der Waals surface area contributed by atoms with Gasteiger partial charge in [0, 0.05) is 37.6 Å². The van der Waals surface area contributed by atoms with Crippen LogP contribution in [0, 0.1) is 0 Å². The Hall–Kier alpha value is 1.40. The molecule has 0 nitrogen and oxygen atoms in total. The lowest BCUT2D eigenvalue weighted by molar-refractivity contribution is 0.919. The van der Waals surface area contributed by atoms with Gasteiger partial charge in [0.05, 0.1) is 0 Å². The summed E-state index contributed by atoms with van der Waals surface area (Å²) in [6.45, 7) is 4.76. The summed E-state index contributed by atoms with van der Waals surface area (Å²) in [6.07, 6.45) is 0. The molecule has 2 saturated heterocycles. The highest BCUT2D eigenvalue weighted by molar-refractivity contribution is 8.17. The first-order valence-electron chi connectivity index (χ1n) is 4.55. The Bertz CT molecular complexity index is 164. The van der Waals surface area contributed by atoms with Gasteiger partial charge in [-0.25, -0.2) is 0 Å². The monoisotopic (exact) mass is 252 g/mol. The third kappa shape index (κ3) is 3.80. The molecule has 0 bridgehead atoms. The second-order valence-electron chi connectivity index (χ2n) is 4.29. The second-order valence-corrected chi connectivity index (χ2v) is 9.75. The van der Waals surface area contributed by atoms with Crippen LogP contribution in [0.1, 0.15) is 13.8 Å². The van der Waals surface area contributed by atoms with Gasteiger partial charge in [-0.05, 0) is 13.8 Å². The zero-order valence-corrected chi connectivity index (χ0v) is 11.4. The lowest BCUT2D eigenvalue weighted by Crippen LogP contribution is -2.08. The molecule has 13 heavy (non-hydrogen) atoms. The molecule has 0 radical (unpaired) electrons. The van der Waals surface area contributed by atoms with E-state index in [2.05, 4.69) is 60.9 Å². The average molecular weight is 252 g/mol. The first-order valence-corrected chi connectivity index (χ1v) is 8.84. The van der Waals surface area contributed by atoms with Crippen molar-refractivity contribution in [1.29, 1.82) is 0 Å². The van der Waals surface area contributed by atoms with Gasteiger partial charge in [-0.3, -0.25) is 0 Å². The van der Waals surface area contributed by atoms with Crippen molar-refractivity contribution in [2.75, 3.05) is 28.1 Å². The minimum Gasteiger partial charge on any atom is -0.152 e. The molecular weight excluding hydrogens is 236 g/mol. The molecule has 2 aliphatic heterocycles. The molecule has 2 unspecified atom stereocenters. The highest BCUT2D eigenvalue weighted by Gasteiger charge is 2.39. The fraction of sp³-hybridized carbons (Fsp3) is 1.00. The van der Waals surface area contributed by atoms with Crippen LogP contribution >= 0.6 is 47.0 Å². The van der Waals surface area contributed by atoms with Crippen LogP contribution in [0.3, 0.4) is 0 Å². The zero-order chi connectivity index (χ0) is 9.36. The van der Waals surface area contributed by atoms with E-state index in [4.69, 9.17) is 0 Å². The summed E-state index contributed by atoms with van der Waals surface area (Å²) in [7, 11) is 0. The Morgan fingerprint density at radius 3 is 1.69 bits per heavy atom. The first kappa shape index (κ1) is 10.9. The summed E-state index contributed by atoms with van der Waals surface area (Å²) >= 11 is 8.47. The fourth-order valence-electron chi connectivity index (χ4n) is 0.987. The number of thioether (sulfide) groups is 4. The van der Waals surface area contributed by atoms with Gasteiger partial charge >= 0.3 is 0 Å². The second kappa shape index (κ2) is 4.11. The molecule has 0 saturated carbocycles. The molecule has 0 amide bonds. The van der Waals surface area contributed by atoms with Crippen molar-refractivity contribution in [3.63, 3.8) is 0 Å². The molecule has 2 atom stereocenters. The van der Waals surface area contributed by atoms with Gasteiger partial charge in [-0.1, -0.05) is 0 Å². The van der Waals surface area contributed by atoms with Gasteiger partial charge in [-0.15, -0.1) is 23.5 Å². The summed E-state index contributed by atoms with van der Waals surface area (Å²) < 4.78 is 1.31. The molecule has 0 aromatic rings. The van der Waals surface area contributed by atoms with E-state index in [1.807, 2.05) is 0 Å². The van der Waals surface area contributed by atoms with Crippen LogP contribution in [0.2, 0.25) is 0 Å². The summed E-state index contributed by atoms with van der Waals surface area (Å²) in [5, 5.41) is 1.30. The Kier molecular flexibility index (Phi) is 3.44. The predicted octanol–water partition coefficient (Wildman–Crippen LogP) is 3.42. The third-order valence-electron chi connectivity index (χ3n) is 2.26. The number of rotatable bonds is 6. The van der Waals surface area contributed by atoms with Gasteiger partial charge in [-0.2, -0.15) is 23.5 Å². The van der Waals surface area contributed by atoms with Crippen molar-refractivity contribution in [3.8, 4) is 0 Å². The van der Waals surface area contributed by atoms with Gasteiger partial charge in [0.15, 0.2) is 0 Å². The highest BCUT2D eigenvalue weighted by Crippen LogP contribution is 2.48. The third-order valence-corrected chi connectivity index (χ3v) is 8.47. The summed E-state index contributed by atoms with van der Waals surface area (Å²) in [6, 6.07) is 0. The maximum Gasteiger partial charge on any atom is 0.0393 e. The molecule has 2 heterocycles. The van der Waals surface area contributed by atoms with E-state index in [9.17, 15) is 0 Å². The molecule has 2 fully saturated rings. The van der Waals surface area contributed by atoms with Crippen molar-refractivity contribution in [3.05, 3.63) is 0 Å². The van der Waals surface area contributed by atoms with E-state index in [0.717, 1.165) is 0 Å². The summed E-state index contributed by atoms with van der Waals surface area (Å²) in [5.41, 5.74) is 0. The Balaban J connectivity index is 1.45. The topological polar surface area (TPSA) is 0 Å². The Morgan fingerprint density at radius 2 is 1.38 bits per heavy atom. The molecule has 4 heteroatoms. The molecule has 2 aliphatic rings. The van der Waals surface area contributed by atoms with Crippen LogP contribution in [0.4, 0.5) is 0 Å². The molecule has 0 aromatic heterocycles. The molecule has 0 spiro atoms. The molecule has 0 N–H and O–H groups in total. The molecule has 2 rings (SSSR count). The van der Waals surface area contributed by atoms with Gasteiger partial charge in [0.2, 0.25) is 0 Å². The minimum atomic E-state index is 0.656. The standard InChI is InChI=1S/C9H16S4/c1-8(5-12-8)3-10-7-11-4-9(2)6-13-9/h3-7H2,1-2H3. The van der Waals surface area contributed by atoms with E-state index in [1.165, 1.54) is 28.1 Å². The van der Waals surface area contributed by atoms with Crippen LogP contribution in [0.15, 0.2) is 0 Å². The fourth-order valence-corrected chi connectivity index (χ4v) is 5.31. The smallest absolute Gasteiger partial charge is 0.0393 e. The summed E-state index contributed by atoms with van der Waals surface area (Å²) in [5.74, 6) is 5.49. The molecular formula is C9H16S4. The van der Waals surface area contributed by atoms with E-state index in [1.54, 1.807) is 0 Å². The maximum atomic E-state index is 2.38. The maximum absolute atomic E-state index is 2.38. The first-order chi connectivity index (χ1) is 6.12. The number of hydrogen-bond acceptors (Lipinski definition) is 4. The summed E-state index contributed by atoms with van der Waals surface area (Å²) in [4.78, 5) is 0. The van der Waals surface area contributed by atoms with Crippen LogP contribution in [-0.4, -0.2) is 37.6 Å². The van der Waals surface area contributed by atoms with E-state index >= 15 is 0 Å². The normalized spacial score (nSPS) is 42.0. The van der Waals surface area contributed by atoms with Gasteiger partial charge in [0.1, 0.15) is 0 Å². The van der Waals surface area contributed by atoms with Crippen LogP contribution in [-0.2, 0) is 0 Å². The molecule has 0 aromatic carbocycles. The SMILES string of the molecule is CC1(CSCSCC2(C)CS2)CS1. The van der Waals surface area contributed by atoms with Crippen LogP contribution < -0.4 is 0 Å². The lowest BCUT2D eigenvalue weighted by atomic mass is 10.3.